The van der Waals surface area contributed by atoms with Gasteiger partial charge in [-0.2, -0.15) is 15.0 Å². The second-order valence-electron chi connectivity index (χ2n) is 6.84. The van der Waals surface area contributed by atoms with Crippen LogP contribution in [0.5, 0.6) is 0 Å². The van der Waals surface area contributed by atoms with Crippen LogP contribution in [0.1, 0.15) is 28.7 Å². The number of aromatic nitrogens is 3. The molecule has 1 aromatic heterocycles. The highest BCUT2D eigenvalue weighted by Crippen LogP contribution is 2.34. The van der Waals surface area contributed by atoms with Crippen LogP contribution in [0.15, 0.2) is 18.2 Å². The van der Waals surface area contributed by atoms with Crippen molar-refractivity contribution < 1.29 is 17.9 Å². The molecule has 0 spiro atoms. The minimum atomic E-state index is -3.38. The van der Waals surface area contributed by atoms with Crippen molar-refractivity contribution >= 4 is 33.6 Å². The first-order valence-corrected chi connectivity index (χ1v) is 10.4. The molecule has 0 bridgehead atoms. The summed E-state index contributed by atoms with van der Waals surface area (Å²) in [5.74, 6) is 0.0873. The topological polar surface area (TPSA) is 132 Å². The Balaban J connectivity index is 1.76. The second kappa shape index (κ2) is 7.23. The molecule has 1 aliphatic rings. The van der Waals surface area contributed by atoms with E-state index in [-0.39, 0.29) is 24.4 Å². The first-order valence-electron chi connectivity index (χ1n) is 8.53. The molecule has 2 aromatic rings. The van der Waals surface area contributed by atoms with E-state index in [1.807, 2.05) is 6.92 Å². The number of benzene rings is 1. The molecule has 0 radical (unpaired) electrons. The van der Waals surface area contributed by atoms with Gasteiger partial charge in [0.25, 0.3) is 0 Å². The molecule has 0 saturated heterocycles. The number of nitrogen functional groups attached to an aromatic ring is 1. The lowest BCUT2D eigenvalue weighted by Crippen LogP contribution is -2.34. The van der Waals surface area contributed by atoms with Crippen molar-refractivity contribution in [2.75, 3.05) is 35.3 Å². The van der Waals surface area contributed by atoms with Crippen molar-refractivity contribution in [2.45, 2.75) is 26.0 Å². The largest absolute Gasteiger partial charge is 0.454 e. The number of ether oxygens (including phenoxy) is 1. The number of sulfonamides is 1. The monoisotopic (exact) mass is 406 g/mol. The van der Waals surface area contributed by atoms with Gasteiger partial charge in [0.05, 0.1) is 17.5 Å². The van der Waals surface area contributed by atoms with Crippen molar-refractivity contribution in [3.05, 3.63) is 35.2 Å². The molecule has 1 aliphatic heterocycles. The maximum atomic E-state index is 12.4. The van der Waals surface area contributed by atoms with Gasteiger partial charge in [0, 0.05) is 20.1 Å². The lowest BCUT2D eigenvalue weighted by Gasteiger charge is -2.21. The SMILES string of the molecule is C[C@@H]1Cc2cc(C(=O)OCc3nc(N)nc(N(C)C)n3)ccc2N1S(C)(=O)=O. The van der Waals surface area contributed by atoms with E-state index in [9.17, 15) is 13.2 Å². The van der Waals surface area contributed by atoms with Crippen LogP contribution in [0.3, 0.4) is 0 Å². The molecule has 0 amide bonds. The summed E-state index contributed by atoms with van der Waals surface area (Å²) in [6.07, 6.45) is 1.70. The minimum absolute atomic E-state index is 0.0390. The number of hydrogen-bond donors (Lipinski definition) is 1. The highest BCUT2D eigenvalue weighted by atomic mass is 32.2. The average molecular weight is 406 g/mol. The number of nitrogens with two attached hydrogens (primary N) is 1. The Morgan fingerprint density at radius 3 is 2.68 bits per heavy atom. The van der Waals surface area contributed by atoms with Gasteiger partial charge in [0.1, 0.15) is 0 Å². The van der Waals surface area contributed by atoms with Gasteiger partial charge in [-0.1, -0.05) is 0 Å². The van der Waals surface area contributed by atoms with Gasteiger partial charge < -0.3 is 15.4 Å². The number of fused-ring (bicyclic) bond motifs is 1. The lowest BCUT2D eigenvalue weighted by molar-refractivity contribution is 0.0462. The van der Waals surface area contributed by atoms with Crippen molar-refractivity contribution in [3.63, 3.8) is 0 Å². The smallest absolute Gasteiger partial charge is 0.338 e. The zero-order chi connectivity index (χ0) is 20.6. The van der Waals surface area contributed by atoms with Gasteiger partial charge >= 0.3 is 5.97 Å². The summed E-state index contributed by atoms with van der Waals surface area (Å²) in [5.41, 5.74) is 7.36. The molecule has 150 valence electrons. The quantitative estimate of drug-likeness (QED) is 0.708. The third-order valence-electron chi connectivity index (χ3n) is 4.25. The fourth-order valence-corrected chi connectivity index (χ4v) is 4.40. The van der Waals surface area contributed by atoms with Gasteiger partial charge in [-0.15, -0.1) is 0 Å². The van der Waals surface area contributed by atoms with Gasteiger partial charge in [0.2, 0.25) is 21.9 Å². The molecule has 10 nitrogen and oxygen atoms in total. The van der Waals surface area contributed by atoms with Crippen molar-refractivity contribution in [1.82, 2.24) is 15.0 Å². The van der Waals surface area contributed by atoms with Crippen LogP contribution in [-0.4, -0.2) is 55.7 Å². The number of esters is 1. The summed E-state index contributed by atoms with van der Waals surface area (Å²) < 4.78 is 30.6. The molecule has 2 heterocycles. The number of rotatable bonds is 5. The maximum Gasteiger partial charge on any atom is 0.338 e. The van der Waals surface area contributed by atoms with Gasteiger partial charge in [-0.05, 0) is 37.1 Å². The maximum absolute atomic E-state index is 12.4. The van der Waals surface area contributed by atoms with E-state index in [0.29, 0.717) is 23.6 Å². The Labute approximate surface area is 163 Å². The van der Waals surface area contributed by atoms with Crippen LogP contribution >= 0.6 is 0 Å². The van der Waals surface area contributed by atoms with Crippen LogP contribution in [0.25, 0.3) is 0 Å². The van der Waals surface area contributed by atoms with E-state index in [0.717, 1.165) is 5.56 Å². The summed E-state index contributed by atoms with van der Waals surface area (Å²) in [5, 5.41) is 0. The third-order valence-corrected chi connectivity index (χ3v) is 5.52. The van der Waals surface area contributed by atoms with Gasteiger partial charge in [-0.3, -0.25) is 4.31 Å². The number of anilines is 3. The Hall–Kier alpha value is -2.95. The van der Waals surface area contributed by atoms with Crippen molar-refractivity contribution in [1.29, 1.82) is 0 Å². The van der Waals surface area contributed by atoms with E-state index < -0.39 is 16.0 Å². The zero-order valence-electron chi connectivity index (χ0n) is 16.1. The van der Waals surface area contributed by atoms with Crippen molar-refractivity contribution in [3.8, 4) is 0 Å². The fraction of sp³-hybridized carbons (Fsp3) is 0.412. The molecule has 3 rings (SSSR count). The summed E-state index contributed by atoms with van der Waals surface area (Å²) in [6.45, 7) is 1.67. The Kier molecular flexibility index (Phi) is 5.11. The summed E-state index contributed by atoms with van der Waals surface area (Å²) >= 11 is 0. The number of carbonyl (C=O) groups excluding carboxylic acids is 1. The highest BCUT2D eigenvalue weighted by Gasteiger charge is 2.32. The first-order chi connectivity index (χ1) is 13.1. The zero-order valence-corrected chi connectivity index (χ0v) is 16.9. The Bertz CT molecular complexity index is 1020. The molecule has 28 heavy (non-hydrogen) atoms. The first kappa shape index (κ1) is 19.8. The molecule has 11 heteroatoms. The van der Waals surface area contributed by atoms with Crippen LogP contribution < -0.4 is 14.9 Å². The molecule has 1 aromatic carbocycles. The number of hydrogen-bond acceptors (Lipinski definition) is 9. The molecule has 0 aliphatic carbocycles. The predicted octanol–water partition coefficient (Wildman–Crippen LogP) is 0.587. The molecule has 2 N–H and O–H groups in total. The predicted molar refractivity (Wildman–Crippen MR) is 105 cm³/mol. The van der Waals surface area contributed by atoms with Crippen LogP contribution in [-0.2, 0) is 27.8 Å². The highest BCUT2D eigenvalue weighted by molar-refractivity contribution is 7.92. The molecule has 0 fully saturated rings. The standard InChI is InChI=1S/C17H22N6O4S/c1-10-7-12-8-11(5-6-13(12)23(10)28(4,25)26)15(24)27-9-14-19-16(18)21-17(20-14)22(2)3/h5-6,8,10H,7,9H2,1-4H3,(H2,18,19,20,21)/t10-/m1/s1. The van der Waals surface area contributed by atoms with Gasteiger partial charge in [-0.25, -0.2) is 13.2 Å². The Morgan fingerprint density at radius 2 is 2.04 bits per heavy atom. The van der Waals surface area contributed by atoms with Crippen LogP contribution in [0.2, 0.25) is 0 Å². The molecular weight excluding hydrogens is 384 g/mol. The molecule has 0 saturated carbocycles. The summed E-state index contributed by atoms with van der Waals surface area (Å²) in [4.78, 5) is 26.2. The molecular formula is C17H22N6O4S. The van der Waals surface area contributed by atoms with E-state index in [1.165, 1.54) is 10.6 Å². The molecule has 1 atom stereocenters. The third kappa shape index (κ3) is 3.98. The molecule has 0 unspecified atom stereocenters. The number of carbonyl (C=O) groups is 1. The minimum Gasteiger partial charge on any atom is -0.454 e. The second-order valence-corrected chi connectivity index (χ2v) is 8.70. The lowest BCUT2D eigenvalue weighted by atomic mass is 10.1. The van der Waals surface area contributed by atoms with Crippen LogP contribution in [0, 0.1) is 0 Å². The average Bonchev–Trinajstić information content (AvgIpc) is 2.94. The normalized spacial score (nSPS) is 16.0. The Morgan fingerprint density at radius 1 is 1.32 bits per heavy atom. The van der Waals surface area contributed by atoms with E-state index in [4.69, 9.17) is 10.5 Å². The van der Waals surface area contributed by atoms with E-state index >= 15 is 0 Å². The van der Waals surface area contributed by atoms with Crippen molar-refractivity contribution in [2.24, 2.45) is 0 Å². The van der Waals surface area contributed by atoms with E-state index in [1.54, 1.807) is 37.2 Å². The fourth-order valence-electron chi connectivity index (χ4n) is 3.14. The number of nitrogens with zero attached hydrogens (tertiary/aromatic N) is 5. The summed E-state index contributed by atoms with van der Waals surface area (Å²) in [6, 6.07) is 4.63. The summed E-state index contributed by atoms with van der Waals surface area (Å²) in [7, 11) is 0.139. The van der Waals surface area contributed by atoms with Crippen LogP contribution in [0.4, 0.5) is 17.6 Å². The van der Waals surface area contributed by atoms with E-state index in [2.05, 4.69) is 15.0 Å². The van der Waals surface area contributed by atoms with Gasteiger partial charge in [0.15, 0.2) is 12.4 Å².